The SMILES string of the molecule is C/C=C/C(=O)CNC.C/C=C/C(=O)CNC.C/C=C/C(=O)CNC.F.F.F. The Morgan fingerprint density at radius 3 is 0.852 bits per heavy atom. The quantitative estimate of drug-likeness (QED) is 0.510. The third-order valence-electron chi connectivity index (χ3n) is 2.11. The summed E-state index contributed by atoms with van der Waals surface area (Å²) in [5.74, 6) is 0.361. The summed E-state index contributed by atoms with van der Waals surface area (Å²) < 4.78 is 0. The molecule has 0 atom stereocenters. The van der Waals surface area contributed by atoms with Crippen molar-refractivity contribution in [2.45, 2.75) is 20.8 Å². The van der Waals surface area contributed by atoms with Crippen molar-refractivity contribution in [3.8, 4) is 0 Å². The van der Waals surface area contributed by atoms with Gasteiger partial charge in [0.05, 0.1) is 19.6 Å². The highest BCUT2D eigenvalue weighted by atomic mass is 19.0. The van der Waals surface area contributed by atoms with Crippen molar-refractivity contribution in [3.63, 3.8) is 0 Å². The zero-order valence-electron chi connectivity index (χ0n) is 17.0. The molecule has 0 saturated heterocycles. The molecule has 0 aliphatic rings. The van der Waals surface area contributed by atoms with Gasteiger partial charge in [-0.05, 0) is 60.1 Å². The Hall–Kier alpha value is -2.10. The van der Waals surface area contributed by atoms with E-state index in [0.717, 1.165) is 0 Å². The van der Waals surface area contributed by atoms with E-state index in [1.165, 1.54) is 0 Å². The molecule has 0 heterocycles. The lowest BCUT2D eigenvalue weighted by Gasteiger charge is -1.88. The first-order valence-corrected chi connectivity index (χ1v) is 7.83. The number of carbonyl (C=O) groups excluding carboxylic acids is 3. The second-order valence-electron chi connectivity index (χ2n) is 4.49. The molecule has 0 aromatic heterocycles. The van der Waals surface area contributed by atoms with Crippen LogP contribution in [0.2, 0.25) is 0 Å². The van der Waals surface area contributed by atoms with Gasteiger partial charge < -0.3 is 16.0 Å². The minimum Gasteiger partial charge on any atom is -0.313 e. The monoisotopic (exact) mass is 399 g/mol. The summed E-state index contributed by atoms with van der Waals surface area (Å²) in [4.78, 5) is 31.5. The van der Waals surface area contributed by atoms with Crippen molar-refractivity contribution >= 4 is 17.3 Å². The molecule has 0 bridgehead atoms. The average Bonchev–Trinajstić information content (AvgIpc) is 2.50. The molecule has 0 amide bonds. The highest BCUT2D eigenvalue weighted by Crippen LogP contribution is 1.72. The third kappa shape index (κ3) is 45.3. The van der Waals surface area contributed by atoms with Crippen molar-refractivity contribution < 1.29 is 28.5 Å². The van der Waals surface area contributed by atoms with Crippen molar-refractivity contribution in [3.05, 3.63) is 36.5 Å². The fourth-order valence-corrected chi connectivity index (χ4v) is 1.26. The van der Waals surface area contributed by atoms with Crippen molar-refractivity contribution in [1.82, 2.24) is 16.0 Å². The van der Waals surface area contributed by atoms with Gasteiger partial charge in [-0.2, -0.15) is 0 Å². The molecule has 0 aromatic carbocycles. The Balaban J connectivity index is -0.0000000580. The van der Waals surface area contributed by atoms with Crippen LogP contribution in [-0.4, -0.2) is 58.1 Å². The number of hydrogen-bond donors (Lipinski definition) is 3. The van der Waals surface area contributed by atoms with E-state index in [-0.39, 0.29) is 31.5 Å². The molecule has 6 nitrogen and oxygen atoms in total. The maximum absolute atomic E-state index is 10.5. The minimum absolute atomic E-state index is 0. The van der Waals surface area contributed by atoms with Gasteiger partial charge in [-0.1, -0.05) is 18.2 Å². The summed E-state index contributed by atoms with van der Waals surface area (Å²) in [7, 11) is 5.25. The molecule has 0 aliphatic heterocycles. The Kier molecular flexibility index (Phi) is 51.7. The van der Waals surface area contributed by atoms with Crippen LogP contribution in [-0.2, 0) is 14.4 Å². The number of likely N-dealkylation sites (N-methyl/N-ethyl adjacent to an activating group) is 3. The van der Waals surface area contributed by atoms with E-state index in [9.17, 15) is 14.4 Å². The lowest BCUT2D eigenvalue weighted by Crippen LogP contribution is -2.15. The summed E-state index contributed by atoms with van der Waals surface area (Å²) in [6, 6.07) is 0. The standard InChI is InChI=1S/3C6H11NO.3FH/c3*1-3-4-6(8)5-7-2;;;/h3*3-4,7H,5H2,1-2H3;3*1H/b3*4-3+;;;. The molecular formula is C18H36F3N3O3. The van der Waals surface area contributed by atoms with Crippen molar-refractivity contribution in [2.75, 3.05) is 40.8 Å². The van der Waals surface area contributed by atoms with E-state index in [1.807, 2.05) is 20.8 Å². The van der Waals surface area contributed by atoms with Crippen LogP contribution in [0.3, 0.4) is 0 Å². The molecule has 0 spiro atoms. The van der Waals surface area contributed by atoms with Gasteiger partial charge in [-0.25, -0.2) is 0 Å². The summed E-state index contributed by atoms with van der Waals surface area (Å²) in [5.41, 5.74) is 0. The highest BCUT2D eigenvalue weighted by molar-refractivity contribution is 5.91. The largest absolute Gasteiger partial charge is 0.313 e. The molecule has 0 rings (SSSR count). The molecule has 0 saturated carbocycles. The Labute approximate surface area is 160 Å². The zero-order chi connectivity index (χ0) is 19.2. The van der Waals surface area contributed by atoms with E-state index >= 15 is 0 Å². The smallest absolute Gasteiger partial charge is 0.169 e. The first-order chi connectivity index (χ1) is 11.4. The molecular weight excluding hydrogens is 363 g/mol. The van der Waals surface area contributed by atoms with Gasteiger partial charge in [0.1, 0.15) is 0 Å². The average molecular weight is 399 g/mol. The summed E-state index contributed by atoms with van der Waals surface area (Å²) in [5, 5.41) is 8.25. The number of carbonyl (C=O) groups is 3. The van der Waals surface area contributed by atoms with Crippen molar-refractivity contribution in [2.24, 2.45) is 0 Å². The molecule has 0 radical (unpaired) electrons. The Bertz CT molecular complexity index is 366. The lowest BCUT2D eigenvalue weighted by atomic mass is 10.3. The van der Waals surface area contributed by atoms with Crippen LogP contribution in [0.15, 0.2) is 36.5 Å². The fraction of sp³-hybridized carbons (Fsp3) is 0.500. The van der Waals surface area contributed by atoms with E-state index in [0.29, 0.717) is 19.6 Å². The van der Waals surface area contributed by atoms with E-state index < -0.39 is 0 Å². The first-order valence-electron chi connectivity index (χ1n) is 7.83. The second-order valence-corrected chi connectivity index (χ2v) is 4.49. The predicted molar refractivity (Wildman–Crippen MR) is 109 cm³/mol. The predicted octanol–water partition coefficient (Wildman–Crippen LogP) is 1.51. The topological polar surface area (TPSA) is 87.3 Å². The van der Waals surface area contributed by atoms with Crippen LogP contribution >= 0.6 is 0 Å². The number of allylic oxidation sites excluding steroid dienone is 3. The van der Waals surface area contributed by atoms with E-state index in [4.69, 9.17) is 0 Å². The Morgan fingerprint density at radius 2 is 0.741 bits per heavy atom. The van der Waals surface area contributed by atoms with Gasteiger partial charge in [0.2, 0.25) is 0 Å². The summed E-state index contributed by atoms with van der Waals surface area (Å²) in [6.45, 7) is 6.79. The van der Waals surface area contributed by atoms with Gasteiger partial charge in [-0.15, -0.1) is 0 Å². The van der Waals surface area contributed by atoms with E-state index in [2.05, 4.69) is 16.0 Å². The third-order valence-corrected chi connectivity index (χ3v) is 2.11. The van der Waals surface area contributed by atoms with Crippen LogP contribution in [0.5, 0.6) is 0 Å². The van der Waals surface area contributed by atoms with Crippen molar-refractivity contribution in [1.29, 1.82) is 0 Å². The number of ketones is 3. The fourth-order valence-electron chi connectivity index (χ4n) is 1.26. The first kappa shape index (κ1) is 39.8. The molecule has 27 heavy (non-hydrogen) atoms. The Morgan fingerprint density at radius 1 is 0.556 bits per heavy atom. The molecule has 9 heteroatoms. The number of nitrogens with one attached hydrogen (secondary N) is 3. The molecule has 3 N–H and O–H groups in total. The van der Waals surface area contributed by atoms with Crippen LogP contribution < -0.4 is 16.0 Å². The second kappa shape index (κ2) is 35.1. The van der Waals surface area contributed by atoms with Gasteiger partial charge in [0.15, 0.2) is 17.3 Å². The van der Waals surface area contributed by atoms with Crippen LogP contribution in [0.25, 0.3) is 0 Å². The number of rotatable bonds is 9. The van der Waals surface area contributed by atoms with Gasteiger partial charge in [0, 0.05) is 0 Å². The maximum atomic E-state index is 10.5. The van der Waals surface area contributed by atoms with Crippen LogP contribution in [0, 0.1) is 0 Å². The van der Waals surface area contributed by atoms with Crippen LogP contribution in [0.4, 0.5) is 14.1 Å². The number of hydrogen-bond acceptors (Lipinski definition) is 6. The van der Waals surface area contributed by atoms with Crippen LogP contribution in [0.1, 0.15) is 20.8 Å². The molecule has 0 aliphatic carbocycles. The molecule has 162 valence electrons. The summed E-state index contributed by atoms with van der Waals surface area (Å²) in [6.07, 6.45) is 9.86. The number of halogens is 3. The minimum atomic E-state index is 0. The molecule has 0 fully saturated rings. The lowest BCUT2D eigenvalue weighted by molar-refractivity contribution is -0.114. The van der Waals surface area contributed by atoms with Gasteiger partial charge in [0.25, 0.3) is 0 Å². The normalized spacial score (nSPS) is 9.11. The summed E-state index contributed by atoms with van der Waals surface area (Å²) >= 11 is 0. The zero-order valence-corrected chi connectivity index (χ0v) is 17.0. The van der Waals surface area contributed by atoms with E-state index in [1.54, 1.807) is 57.6 Å². The molecule has 0 aromatic rings. The van der Waals surface area contributed by atoms with Gasteiger partial charge in [-0.3, -0.25) is 28.5 Å². The highest BCUT2D eigenvalue weighted by Gasteiger charge is 1.89. The van der Waals surface area contributed by atoms with Gasteiger partial charge >= 0.3 is 0 Å². The molecule has 0 unspecified atom stereocenters. The maximum Gasteiger partial charge on any atom is 0.169 e.